The molecule has 0 amide bonds. The summed E-state index contributed by atoms with van der Waals surface area (Å²) in [6.07, 6.45) is 3.15. The van der Waals surface area contributed by atoms with E-state index in [-0.39, 0.29) is 18.1 Å². The molecule has 146 valence electrons. The van der Waals surface area contributed by atoms with Crippen LogP contribution in [0.4, 0.5) is 0 Å². The van der Waals surface area contributed by atoms with E-state index in [1.165, 1.54) is 7.11 Å². The highest BCUT2D eigenvalue weighted by molar-refractivity contribution is 7.98. The molecule has 0 bridgehead atoms. The van der Waals surface area contributed by atoms with Crippen LogP contribution in [-0.4, -0.2) is 40.6 Å². The van der Waals surface area contributed by atoms with Crippen molar-refractivity contribution < 1.29 is 14.3 Å². The molecule has 1 aromatic carbocycles. The van der Waals surface area contributed by atoms with E-state index >= 15 is 0 Å². The van der Waals surface area contributed by atoms with Crippen LogP contribution in [0.15, 0.2) is 29.4 Å². The number of methoxy groups -OCH3 is 1. The second kappa shape index (κ2) is 9.34. The molecule has 1 aliphatic heterocycles. The molecule has 2 atom stereocenters. The molecule has 27 heavy (non-hydrogen) atoms. The van der Waals surface area contributed by atoms with Crippen molar-refractivity contribution in [3.63, 3.8) is 0 Å². The van der Waals surface area contributed by atoms with Gasteiger partial charge in [0.05, 0.1) is 31.4 Å². The zero-order valence-electron chi connectivity index (χ0n) is 15.8. The first-order chi connectivity index (χ1) is 13.1. The molecule has 1 aromatic heterocycles. The predicted molar refractivity (Wildman–Crippen MR) is 104 cm³/mol. The average Bonchev–Trinajstić information content (AvgIpc) is 3.36. The lowest BCUT2D eigenvalue weighted by Crippen LogP contribution is -2.22. The summed E-state index contributed by atoms with van der Waals surface area (Å²) in [6, 6.07) is 7.28. The standard InChI is InChI=1S/C19H26N4O3S/c1-3-16(20)17-21-22-19(23(17)11-15-5-4-10-26-15)27-12-13-6-8-14(9-7-13)18(24)25-2/h6-9,15-16H,3-5,10-12,20H2,1-2H3. The van der Waals surface area contributed by atoms with Gasteiger partial charge in [0.1, 0.15) is 0 Å². The van der Waals surface area contributed by atoms with Crippen LogP contribution < -0.4 is 5.73 Å². The third-order valence-corrected chi connectivity index (χ3v) is 5.71. The van der Waals surface area contributed by atoms with Crippen LogP contribution in [0.5, 0.6) is 0 Å². The Balaban J connectivity index is 1.71. The molecule has 1 fully saturated rings. The van der Waals surface area contributed by atoms with E-state index in [0.29, 0.717) is 5.56 Å². The fourth-order valence-electron chi connectivity index (χ4n) is 3.03. The first kappa shape index (κ1) is 19.9. The Morgan fingerprint density at radius 3 is 2.81 bits per heavy atom. The third kappa shape index (κ3) is 4.88. The van der Waals surface area contributed by atoms with Crippen LogP contribution in [0.25, 0.3) is 0 Å². The summed E-state index contributed by atoms with van der Waals surface area (Å²) in [6.45, 7) is 3.60. The molecule has 2 aromatic rings. The molecule has 0 saturated carbocycles. The van der Waals surface area contributed by atoms with Crippen LogP contribution in [-0.2, 0) is 21.8 Å². The van der Waals surface area contributed by atoms with Gasteiger partial charge in [-0.3, -0.25) is 0 Å². The number of hydrogen-bond acceptors (Lipinski definition) is 7. The molecule has 0 spiro atoms. The van der Waals surface area contributed by atoms with Crippen molar-refractivity contribution in [2.45, 2.75) is 55.8 Å². The first-order valence-corrected chi connectivity index (χ1v) is 10.2. The maximum atomic E-state index is 11.5. The predicted octanol–water partition coefficient (Wildman–Crippen LogP) is 2.95. The number of hydrogen-bond donors (Lipinski definition) is 1. The highest BCUT2D eigenvalue weighted by Crippen LogP contribution is 2.26. The first-order valence-electron chi connectivity index (χ1n) is 9.22. The minimum Gasteiger partial charge on any atom is -0.465 e. The second-order valence-corrected chi connectivity index (χ2v) is 7.52. The number of aromatic nitrogens is 3. The van der Waals surface area contributed by atoms with Gasteiger partial charge in [0.25, 0.3) is 0 Å². The Labute approximate surface area is 163 Å². The van der Waals surface area contributed by atoms with Gasteiger partial charge in [0.15, 0.2) is 11.0 Å². The van der Waals surface area contributed by atoms with Gasteiger partial charge < -0.3 is 19.8 Å². The summed E-state index contributed by atoms with van der Waals surface area (Å²) in [7, 11) is 1.38. The van der Waals surface area contributed by atoms with Crippen molar-refractivity contribution in [3.8, 4) is 0 Å². The maximum Gasteiger partial charge on any atom is 0.337 e. The molecule has 0 aliphatic carbocycles. The topological polar surface area (TPSA) is 92.3 Å². The van der Waals surface area contributed by atoms with Crippen LogP contribution in [0.1, 0.15) is 54.0 Å². The smallest absolute Gasteiger partial charge is 0.337 e. The van der Waals surface area contributed by atoms with E-state index in [0.717, 1.165) is 54.7 Å². The second-order valence-electron chi connectivity index (χ2n) is 6.58. The SMILES string of the molecule is CCC(N)c1nnc(SCc2ccc(C(=O)OC)cc2)n1CC1CCCO1. The molecule has 8 heteroatoms. The number of benzene rings is 1. The molecular formula is C19H26N4O3S. The Hall–Kier alpha value is -1.90. The Kier molecular flexibility index (Phi) is 6.87. The zero-order valence-corrected chi connectivity index (χ0v) is 16.6. The van der Waals surface area contributed by atoms with Crippen LogP contribution in [0, 0.1) is 0 Å². The molecule has 2 heterocycles. The van der Waals surface area contributed by atoms with Gasteiger partial charge in [0.2, 0.25) is 0 Å². The van der Waals surface area contributed by atoms with Gasteiger partial charge >= 0.3 is 5.97 Å². The van der Waals surface area contributed by atoms with Gasteiger partial charge in [0, 0.05) is 12.4 Å². The summed E-state index contributed by atoms with van der Waals surface area (Å²) in [5.41, 5.74) is 7.87. The molecule has 1 saturated heterocycles. The average molecular weight is 391 g/mol. The lowest BCUT2D eigenvalue weighted by Gasteiger charge is -2.17. The lowest BCUT2D eigenvalue weighted by molar-refractivity contribution is 0.0600. The summed E-state index contributed by atoms with van der Waals surface area (Å²) in [5, 5.41) is 9.56. The minimum atomic E-state index is -0.330. The number of ether oxygens (including phenoxy) is 2. The molecule has 1 aliphatic rings. The molecule has 0 radical (unpaired) electrons. The van der Waals surface area contributed by atoms with Crippen molar-refractivity contribution in [1.82, 2.24) is 14.8 Å². The Bertz CT molecular complexity index is 757. The van der Waals surface area contributed by atoms with Gasteiger partial charge in [-0.1, -0.05) is 30.8 Å². The minimum absolute atomic E-state index is 0.132. The highest BCUT2D eigenvalue weighted by atomic mass is 32.2. The van der Waals surface area contributed by atoms with E-state index in [1.807, 2.05) is 19.1 Å². The van der Waals surface area contributed by atoms with E-state index in [9.17, 15) is 4.79 Å². The van der Waals surface area contributed by atoms with Crippen molar-refractivity contribution in [2.24, 2.45) is 5.73 Å². The lowest BCUT2D eigenvalue weighted by atomic mass is 10.1. The molecule has 3 rings (SSSR count). The summed E-state index contributed by atoms with van der Waals surface area (Å²) >= 11 is 1.61. The number of esters is 1. The summed E-state index contributed by atoms with van der Waals surface area (Å²) in [4.78, 5) is 11.5. The van der Waals surface area contributed by atoms with Gasteiger partial charge in [-0.2, -0.15) is 0 Å². The van der Waals surface area contributed by atoms with Crippen molar-refractivity contribution in [2.75, 3.05) is 13.7 Å². The quantitative estimate of drug-likeness (QED) is 0.547. The van der Waals surface area contributed by atoms with E-state index in [4.69, 9.17) is 15.2 Å². The van der Waals surface area contributed by atoms with Crippen molar-refractivity contribution in [1.29, 1.82) is 0 Å². The number of rotatable bonds is 8. The van der Waals surface area contributed by atoms with Gasteiger partial charge in [-0.25, -0.2) is 4.79 Å². The van der Waals surface area contributed by atoms with E-state index in [2.05, 4.69) is 14.8 Å². The molecular weight excluding hydrogens is 364 g/mol. The third-order valence-electron chi connectivity index (χ3n) is 4.67. The van der Waals surface area contributed by atoms with Crippen molar-refractivity contribution >= 4 is 17.7 Å². The molecule has 7 nitrogen and oxygen atoms in total. The van der Waals surface area contributed by atoms with Gasteiger partial charge in [-0.05, 0) is 37.0 Å². The number of nitrogens with two attached hydrogens (primary N) is 1. The van der Waals surface area contributed by atoms with Gasteiger partial charge in [-0.15, -0.1) is 10.2 Å². The maximum absolute atomic E-state index is 11.5. The largest absolute Gasteiger partial charge is 0.465 e. The van der Waals surface area contributed by atoms with Crippen LogP contribution >= 0.6 is 11.8 Å². The molecule has 2 N–H and O–H groups in total. The van der Waals surface area contributed by atoms with E-state index in [1.54, 1.807) is 23.9 Å². The van der Waals surface area contributed by atoms with Crippen LogP contribution in [0.2, 0.25) is 0 Å². The normalized spacial score (nSPS) is 17.8. The summed E-state index contributed by atoms with van der Waals surface area (Å²) in [5.74, 6) is 1.21. The fourth-order valence-corrected chi connectivity index (χ4v) is 3.94. The summed E-state index contributed by atoms with van der Waals surface area (Å²) < 4.78 is 12.6. The zero-order chi connectivity index (χ0) is 19.2. The van der Waals surface area contributed by atoms with E-state index < -0.39 is 0 Å². The van der Waals surface area contributed by atoms with Crippen LogP contribution in [0.3, 0.4) is 0 Å². The number of carbonyl (C=O) groups is 1. The number of carbonyl (C=O) groups excluding carboxylic acids is 1. The Morgan fingerprint density at radius 2 is 2.19 bits per heavy atom. The van der Waals surface area contributed by atoms with Crippen molar-refractivity contribution in [3.05, 3.63) is 41.2 Å². The Morgan fingerprint density at radius 1 is 1.41 bits per heavy atom. The monoisotopic (exact) mass is 390 g/mol. The fraction of sp³-hybridized carbons (Fsp3) is 0.526. The molecule has 2 unspecified atom stereocenters. The highest BCUT2D eigenvalue weighted by Gasteiger charge is 2.23. The number of thioether (sulfide) groups is 1. The number of nitrogens with zero attached hydrogens (tertiary/aromatic N) is 3.